The summed E-state index contributed by atoms with van der Waals surface area (Å²) in [5.41, 5.74) is 5.21. The zero-order valence-electron chi connectivity index (χ0n) is 8.17. The van der Waals surface area contributed by atoms with Crippen LogP contribution in [0.25, 0.3) is 0 Å². The van der Waals surface area contributed by atoms with Crippen LogP contribution < -0.4 is 5.73 Å². The van der Waals surface area contributed by atoms with Gasteiger partial charge < -0.3 is 10.5 Å². The average molecular weight is 223 g/mol. The molecule has 0 heterocycles. The molecule has 0 aliphatic carbocycles. The lowest BCUT2D eigenvalue weighted by atomic mass is 10.0. The topological polar surface area (TPSA) is 52.3 Å². The predicted molar refractivity (Wildman–Crippen MR) is 47.6 cm³/mol. The maximum absolute atomic E-state index is 12.2. The highest BCUT2D eigenvalue weighted by atomic mass is 19.4. The number of halogens is 3. The Kier molecular flexibility index (Phi) is 5.15. The van der Waals surface area contributed by atoms with E-state index in [1.807, 2.05) is 0 Å². The van der Waals surface area contributed by atoms with Gasteiger partial charge in [0.1, 0.15) is 12.0 Å². The minimum Gasteiger partial charge on any atom is -0.465 e. The number of alkyl halides is 3. The molecule has 0 bridgehead atoms. The van der Waals surface area contributed by atoms with Gasteiger partial charge in [-0.1, -0.05) is 5.92 Å². The van der Waals surface area contributed by atoms with E-state index in [2.05, 4.69) is 4.74 Å². The van der Waals surface area contributed by atoms with Crippen LogP contribution in [0.5, 0.6) is 0 Å². The Morgan fingerprint density at radius 2 is 2.13 bits per heavy atom. The van der Waals surface area contributed by atoms with Crippen LogP contribution in [0, 0.1) is 18.3 Å². The number of terminal acetylenes is 1. The van der Waals surface area contributed by atoms with Gasteiger partial charge in [-0.25, -0.2) is 0 Å². The molecular formula is C9H12F3NO2. The van der Waals surface area contributed by atoms with E-state index >= 15 is 0 Å². The third kappa shape index (κ3) is 4.70. The molecule has 0 amide bonds. The molecule has 2 N–H and O–H groups in total. The zero-order chi connectivity index (χ0) is 12.1. The summed E-state index contributed by atoms with van der Waals surface area (Å²) in [7, 11) is 0. The molecule has 0 aromatic rings. The first kappa shape index (κ1) is 13.8. The molecule has 0 aromatic heterocycles. The van der Waals surface area contributed by atoms with Crippen molar-refractivity contribution < 1.29 is 22.7 Å². The molecule has 0 unspecified atom stereocenters. The third-order valence-electron chi connectivity index (χ3n) is 1.68. The zero-order valence-corrected chi connectivity index (χ0v) is 8.17. The van der Waals surface area contributed by atoms with Crippen LogP contribution in [-0.4, -0.2) is 24.8 Å². The van der Waals surface area contributed by atoms with E-state index in [0.717, 1.165) is 0 Å². The van der Waals surface area contributed by atoms with Gasteiger partial charge in [0.2, 0.25) is 0 Å². The number of hydrogen-bond donors (Lipinski definition) is 1. The Bertz CT molecular complexity index is 257. The van der Waals surface area contributed by atoms with Gasteiger partial charge in [0.05, 0.1) is 6.61 Å². The Morgan fingerprint density at radius 3 is 2.47 bits per heavy atom. The lowest BCUT2D eigenvalue weighted by Crippen LogP contribution is -2.37. The number of hydrogen-bond acceptors (Lipinski definition) is 3. The van der Waals surface area contributed by atoms with Gasteiger partial charge in [-0.05, 0) is 13.3 Å². The van der Waals surface area contributed by atoms with Gasteiger partial charge in [-0.2, -0.15) is 13.2 Å². The predicted octanol–water partition coefficient (Wildman–Crippen LogP) is 1.08. The summed E-state index contributed by atoms with van der Waals surface area (Å²) in [6.45, 7) is 1.60. The second kappa shape index (κ2) is 5.61. The summed E-state index contributed by atoms with van der Waals surface area (Å²) < 4.78 is 41.0. The molecule has 2 atom stereocenters. The Labute approximate surface area is 85.8 Å². The summed E-state index contributed by atoms with van der Waals surface area (Å²) in [4.78, 5) is 10.9. The first-order valence-corrected chi connectivity index (χ1v) is 4.28. The molecule has 0 saturated heterocycles. The van der Waals surface area contributed by atoms with E-state index in [9.17, 15) is 18.0 Å². The van der Waals surface area contributed by atoms with E-state index in [4.69, 9.17) is 12.2 Å². The number of carbonyl (C=O) groups is 1. The summed E-state index contributed by atoms with van der Waals surface area (Å²) in [6.07, 6.45) is -0.493. The minimum atomic E-state index is -4.54. The fourth-order valence-electron chi connectivity index (χ4n) is 0.896. The molecule has 0 aliphatic heterocycles. The maximum Gasteiger partial charge on any atom is 0.402 e. The second-order valence-corrected chi connectivity index (χ2v) is 2.86. The van der Waals surface area contributed by atoms with E-state index in [-0.39, 0.29) is 6.61 Å². The highest BCUT2D eigenvalue weighted by Crippen LogP contribution is 2.28. The summed E-state index contributed by atoms with van der Waals surface area (Å²) in [5.74, 6) is -1.33. The minimum absolute atomic E-state index is 0.0687. The number of rotatable bonds is 4. The van der Waals surface area contributed by atoms with Crippen molar-refractivity contribution in [2.45, 2.75) is 25.6 Å². The summed E-state index contributed by atoms with van der Waals surface area (Å²) in [5, 5.41) is 0. The van der Waals surface area contributed by atoms with Crippen LogP contribution in [-0.2, 0) is 9.53 Å². The van der Waals surface area contributed by atoms with Crippen molar-refractivity contribution in [2.24, 2.45) is 11.7 Å². The molecule has 0 fully saturated rings. The Balaban J connectivity index is 4.33. The molecule has 0 aromatic carbocycles. The first-order chi connectivity index (χ1) is 6.82. The van der Waals surface area contributed by atoms with Gasteiger partial charge >= 0.3 is 12.1 Å². The monoisotopic (exact) mass is 223 g/mol. The standard InChI is InChI=1S/C9H12F3NO2/c1-3-6(9(10,11)12)5-7(13)8(14)15-4-2/h1,6-7H,4-5,13H2,2H3/t6-,7-/m1/s1. The third-order valence-corrected chi connectivity index (χ3v) is 1.68. The fourth-order valence-corrected chi connectivity index (χ4v) is 0.896. The normalized spacial score (nSPS) is 15.2. The van der Waals surface area contributed by atoms with Crippen LogP contribution in [0.2, 0.25) is 0 Å². The van der Waals surface area contributed by atoms with Crippen molar-refractivity contribution >= 4 is 5.97 Å². The number of nitrogens with two attached hydrogens (primary N) is 1. The molecule has 6 heteroatoms. The number of carbonyl (C=O) groups excluding carboxylic acids is 1. The molecule has 0 saturated carbocycles. The Morgan fingerprint density at radius 1 is 1.60 bits per heavy atom. The van der Waals surface area contributed by atoms with Crippen molar-refractivity contribution in [1.29, 1.82) is 0 Å². The summed E-state index contributed by atoms with van der Waals surface area (Å²) in [6, 6.07) is -1.34. The van der Waals surface area contributed by atoms with Crippen LogP contribution in [0.4, 0.5) is 13.2 Å². The average Bonchev–Trinajstić information content (AvgIpc) is 2.12. The molecule has 0 radical (unpaired) electrons. The summed E-state index contributed by atoms with van der Waals surface area (Å²) >= 11 is 0. The van der Waals surface area contributed by atoms with Crippen LogP contribution in [0.15, 0.2) is 0 Å². The van der Waals surface area contributed by atoms with Crippen LogP contribution >= 0.6 is 0 Å². The van der Waals surface area contributed by atoms with Crippen molar-refractivity contribution in [3.63, 3.8) is 0 Å². The van der Waals surface area contributed by atoms with Gasteiger partial charge in [0.15, 0.2) is 0 Å². The van der Waals surface area contributed by atoms with Gasteiger partial charge in [0.25, 0.3) is 0 Å². The van der Waals surface area contributed by atoms with E-state index in [1.54, 1.807) is 5.92 Å². The number of esters is 1. The lowest BCUT2D eigenvalue weighted by Gasteiger charge is -2.17. The lowest BCUT2D eigenvalue weighted by molar-refractivity contribution is -0.164. The van der Waals surface area contributed by atoms with Crippen molar-refractivity contribution in [2.75, 3.05) is 6.61 Å². The number of ether oxygens (including phenoxy) is 1. The van der Waals surface area contributed by atoms with Gasteiger partial charge in [-0.3, -0.25) is 4.79 Å². The van der Waals surface area contributed by atoms with Crippen LogP contribution in [0.3, 0.4) is 0 Å². The van der Waals surface area contributed by atoms with Crippen LogP contribution in [0.1, 0.15) is 13.3 Å². The molecule has 3 nitrogen and oxygen atoms in total. The van der Waals surface area contributed by atoms with Gasteiger partial charge in [-0.15, -0.1) is 6.42 Å². The maximum atomic E-state index is 12.2. The molecule has 15 heavy (non-hydrogen) atoms. The SMILES string of the molecule is C#C[C@H](C[C@@H](N)C(=O)OCC)C(F)(F)F. The van der Waals surface area contributed by atoms with Crippen molar-refractivity contribution in [3.05, 3.63) is 0 Å². The van der Waals surface area contributed by atoms with E-state index in [1.165, 1.54) is 6.92 Å². The molecular weight excluding hydrogens is 211 g/mol. The highest BCUT2D eigenvalue weighted by Gasteiger charge is 2.40. The largest absolute Gasteiger partial charge is 0.465 e. The second-order valence-electron chi connectivity index (χ2n) is 2.86. The molecule has 0 spiro atoms. The fraction of sp³-hybridized carbons (Fsp3) is 0.667. The molecule has 86 valence electrons. The smallest absolute Gasteiger partial charge is 0.402 e. The van der Waals surface area contributed by atoms with Crippen molar-refractivity contribution in [1.82, 2.24) is 0 Å². The first-order valence-electron chi connectivity index (χ1n) is 4.28. The highest BCUT2D eigenvalue weighted by molar-refractivity contribution is 5.75. The van der Waals surface area contributed by atoms with E-state index in [0.29, 0.717) is 0 Å². The Hall–Kier alpha value is -1.22. The quantitative estimate of drug-likeness (QED) is 0.573. The molecule has 0 rings (SSSR count). The van der Waals surface area contributed by atoms with Crippen molar-refractivity contribution in [3.8, 4) is 12.3 Å². The van der Waals surface area contributed by atoms with Gasteiger partial charge in [0, 0.05) is 0 Å². The molecule has 0 aliphatic rings. The van der Waals surface area contributed by atoms with E-state index < -0.39 is 30.5 Å².